The summed E-state index contributed by atoms with van der Waals surface area (Å²) >= 11 is 0. The van der Waals surface area contributed by atoms with Crippen LogP contribution in [0, 0.1) is 6.92 Å². The van der Waals surface area contributed by atoms with Crippen molar-refractivity contribution in [3.63, 3.8) is 0 Å². The van der Waals surface area contributed by atoms with E-state index in [1.54, 1.807) is 12.5 Å². The van der Waals surface area contributed by atoms with E-state index in [1.807, 2.05) is 18.2 Å². The van der Waals surface area contributed by atoms with Crippen LogP contribution >= 0.6 is 0 Å². The largest absolute Gasteiger partial charge is 0.445 e. The van der Waals surface area contributed by atoms with Crippen molar-refractivity contribution >= 4 is 0 Å². The maximum absolute atomic E-state index is 5.43. The van der Waals surface area contributed by atoms with Gasteiger partial charge in [-0.1, -0.05) is 48.0 Å². The van der Waals surface area contributed by atoms with Crippen LogP contribution in [0.3, 0.4) is 0 Å². The predicted octanol–water partition coefficient (Wildman–Crippen LogP) is 4.32. The summed E-state index contributed by atoms with van der Waals surface area (Å²) in [6, 6.07) is 16.6. The zero-order valence-electron chi connectivity index (χ0n) is 10.1. The fourth-order valence-corrected chi connectivity index (χ4v) is 2.06. The van der Waals surface area contributed by atoms with Crippen LogP contribution in [0.1, 0.15) is 5.56 Å². The third kappa shape index (κ3) is 1.93. The molecule has 0 radical (unpaired) electrons. The summed E-state index contributed by atoms with van der Waals surface area (Å²) in [5.74, 6) is 0.664. The fraction of sp³-hybridized carbons (Fsp3) is 0.0625. The second-order valence-corrected chi connectivity index (χ2v) is 4.25. The molecule has 2 aromatic carbocycles. The van der Waals surface area contributed by atoms with Gasteiger partial charge in [0.1, 0.15) is 6.26 Å². The highest BCUT2D eigenvalue weighted by molar-refractivity contribution is 5.80. The van der Waals surface area contributed by atoms with Gasteiger partial charge in [-0.15, -0.1) is 0 Å². The van der Waals surface area contributed by atoms with Crippen molar-refractivity contribution < 1.29 is 4.42 Å². The molecule has 3 aromatic rings. The van der Waals surface area contributed by atoms with Crippen molar-refractivity contribution in [2.24, 2.45) is 0 Å². The fourth-order valence-electron chi connectivity index (χ4n) is 2.06. The first-order valence-corrected chi connectivity index (χ1v) is 5.90. The van der Waals surface area contributed by atoms with Crippen molar-refractivity contribution in [2.75, 3.05) is 0 Å². The van der Waals surface area contributed by atoms with Crippen LogP contribution in [0.5, 0.6) is 0 Å². The van der Waals surface area contributed by atoms with Gasteiger partial charge in [0.25, 0.3) is 0 Å². The summed E-state index contributed by atoms with van der Waals surface area (Å²) in [7, 11) is 0. The molecule has 2 heteroatoms. The smallest absolute Gasteiger partial charge is 0.226 e. The molecule has 0 bridgehead atoms. The summed E-state index contributed by atoms with van der Waals surface area (Å²) < 4.78 is 5.43. The summed E-state index contributed by atoms with van der Waals surface area (Å²) in [4.78, 5) is 4.25. The molecule has 0 amide bonds. The molecule has 3 rings (SSSR count). The molecular weight excluding hydrogens is 222 g/mol. The van der Waals surface area contributed by atoms with Crippen molar-refractivity contribution in [3.8, 4) is 22.6 Å². The normalized spacial score (nSPS) is 10.5. The minimum Gasteiger partial charge on any atom is -0.445 e. The van der Waals surface area contributed by atoms with Gasteiger partial charge < -0.3 is 4.42 Å². The summed E-state index contributed by atoms with van der Waals surface area (Å²) in [5.41, 5.74) is 4.54. The molecule has 2 nitrogen and oxygen atoms in total. The maximum atomic E-state index is 5.43. The molecule has 0 saturated heterocycles. The molecule has 0 unspecified atom stereocenters. The maximum Gasteiger partial charge on any atom is 0.226 e. The Hall–Kier alpha value is -2.35. The Bertz CT molecular complexity index is 642. The molecule has 0 fully saturated rings. The molecule has 88 valence electrons. The summed E-state index contributed by atoms with van der Waals surface area (Å²) in [5, 5.41) is 0. The zero-order valence-corrected chi connectivity index (χ0v) is 10.1. The third-order valence-corrected chi connectivity index (χ3v) is 2.92. The molecule has 0 spiro atoms. The molecule has 18 heavy (non-hydrogen) atoms. The highest BCUT2D eigenvalue weighted by Gasteiger charge is 2.10. The molecule has 1 heterocycles. The van der Waals surface area contributed by atoms with Crippen molar-refractivity contribution in [1.29, 1.82) is 0 Å². The van der Waals surface area contributed by atoms with E-state index in [9.17, 15) is 0 Å². The Balaban J connectivity index is 2.21. The monoisotopic (exact) mass is 235 g/mol. The van der Waals surface area contributed by atoms with E-state index in [0.29, 0.717) is 5.89 Å². The van der Waals surface area contributed by atoms with Crippen LogP contribution in [0.25, 0.3) is 22.6 Å². The SMILES string of the molecule is Cc1ccc(-c2ccccc2)c(-c2ncco2)c1. The molecule has 0 N–H and O–H groups in total. The number of aromatic nitrogens is 1. The number of nitrogens with zero attached hydrogens (tertiary/aromatic N) is 1. The van der Waals surface area contributed by atoms with E-state index in [2.05, 4.69) is 42.2 Å². The number of rotatable bonds is 2. The first-order valence-electron chi connectivity index (χ1n) is 5.90. The van der Waals surface area contributed by atoms with Crippen LogP contribution in [0.2, 0.25) is 0 Å². The average Bonchev–Trinajstić information content (AvgIpc) is 2.93. The van der Waals surface area contributed by atoms with E-state index >= 15 is 0 Å². The first-order chi connectivity index (χ1) is 8.84. The van der Waals surface area contributed by atoms with Crippen LogP contribution in [-0.4, -0.2) is 4.98 Å². The Morgan fingerprint density at radius 3 is 2.50 bits per heavy atom. The second-order valence-electron chi connectivity index (χ2n) is 4.25. The molecule has 0 aliphatic rings. The number of oxazole rings is 1. The first kappa shape index (κ1) is 10.8. The second kappa shape index (κ2) is 4.49. The summed E-state index contributed by atoms with van der Waals surface area (Å²) in [6.07, 6.45) is 3.28. The highest BCUT2D eigenvalue weighted by atomic mass is 16.3. The Labute approximate surface area is 106 Å². The van der Waals surface area contributed by atoms with Crippen molar-refractivity contribution in [2.45, 2.75) is 6.92 Å². The Kier molecular flexibility index (Phi) is 2.69. The third-order valence-electron chi connectivity index (χ3n) is 2.92. The van der Waals surface area contributed by atoms with E-state index in [-0.39, 0.29) is 0 Å². The number of hydrogen-bond acceptors (Lipinski definition) is 2. The van der Waals surface area contributed by atoms with Gasteiger partial charge in [-0.3, -0.25) is 0 Å². The van der Waals surface area contributed by atoms with Gasteiger partial charge in [0.2, 0.25) is 5.89 Å². The number of hydrogen-bond donors (Lipinski definition) is 0. The van der Waals surface area contributed by atoms with Gasteiger partial charge in [-0.2, -0.15) is 0 Å². The van der Waals surface area contributed by atoms with Crippen LogP contribution in [0.4, 0.5) is 0 Å². The van der Waals surface area contributed by atoms with Crippen molar-refractivity contribution in [3.05, 3.63) is 66.6 Å². The van der Waals surface area contributed by atoms with Gasteiger partial charge in [-0.05, 0) is 24.1 Å². The zero-order chi connectivity index (χ0) is 12.4. The van der Waals surface area contributed by atoms with Gasteiger partial charge in [0.15, 0.2) is 0 Å². The topological polar surface area (TPSA) is 26.0 Å². The van der Waals surface area contributed by atoms with Crippen LogP contribution in [-0.2, 0) is 0 Å². The molecule has 0 saturated carbocycles. The highest BCUT2D eigenvalue weighted by Crippen LogP contribution is 2.31. The number of benzene rings is 2. The minimum atomic E-state index is 0.664. The van der Waals surface area contributed by atoms with Gasteiger partial charge in [0.05, 0.1) is 6.20 Å². The Morgan fingerprint density at radius 2 is 1.78 bits per heavy atom. The standard InChI is InChI=1S/C16H13NO/c1-12-7-8-14(13-5-3-2-4-6-13)15(11-12)16-17-9-10-18-16/h2-11H,1H3. The molecule has 0 aliphatic carbocycles. The lowest BCUT2D eigenvalue weighted by Crippen LogP contribution is -1.86. The minimum absolute atomic E-state index is 0.664. The van der Waals surface area contributed by atoms with Crippen LogP contribution in [0.15, 0.2) is 65.4 Å². The van der Waals surface area contributed by atoms with Gasteiger partial charge in [0, 0.05) is 5.56 Å². The van der Waals surface area contributed by atoms with E-state index in [0.717, 1.165) is 11.1 Å². The van der Waals surface area contributed by atoms with E-state index in [1.165, 1.54) is 11.1 Å². The Morgan fingerprint density at radius 1 is 0.944 bits per heavy atom. The quantitative estimate of drug-likeness (QED) is 0.661. The lowest BCUT2D eigenvalue weighted by atomic mass is 9.98. The van der Waals surface area contributed by atoms with E-state index in [4.69, 9.17) is 4.42 Å². The van der Waals surface area contributed by atoms with Gasteiger partial charge >= 0.3 is 0 Å². The molecule has 0 aliphatic heterocycles. The van der Waals surface area contributed by atoms with E-state index < -0.39 is 0 Å². The summed E-state index contributed by atoms with van der Waals surface area (Å²) in [6.45, 7) is 2.07. The molecule has 1 aromatic heterocycles. The van der Waals surface area contributed by atoms with Gasteiger partial charge in [-0.25, -0.2) is 4.98 Å². The lowest BCUT2D eigenvalue weighted by molar-refractivity contribution is 0.574. The van der Waals surface area contributed by atoms with Crippen molar-refractivity contribution in [1.82, 2.24) is 4.98 Å². The lowest BCUT2D eigenvalue weighted by Gasteiger charge is -2.08. The van der Waals surface area contributed by atoms with Crippen LogP contribution < -0.4 is 0 Å². The average molecular weight is 235 g/mol. The molecule has 0 atom stereocenters. The molecular formula is C16H13NO. The number of aryl methyl sites for hydroxylation is 1. The predicted molar refractivity (Wildman–Crippen MR) is 72.1 cm³/mol.